The number of aliphatic hydroxyl groups is 2. The van der Waals surface area contributed by atoms with Crippen LogP contribution in [-0.2, 0) is 16.0 Å². The lowest BCUT2D eigenvalue weighted by Crippen LogP contribution is -2.40. The number of benzene rings is 2. The minimum Gasteiger partial charge on any atom is -0.388 e. The fourth-order valence-corrected chi connectivity index (χ4v) is 4.25. The van der Waals surface area contributed by atoms with E-state index in [1.807, 2.05) is 55.4 Å². The highest BCUT2D eigenvalue weighted by atomic mass is 16.5. The Morgan fingerprint density at radius 1 is 1.06 bits per heavy atom. The Morgan fingerprint density at radius 2 is 1.75 bits per heavy atom. The van der Waals surface area contributed by atoms with Crippen molar-refractivity contribution in [3.05, 3.63) is 59.7 Å². The maximum atomic E-state index is 12.8. The lowest BCUT2D eigenvalue weighted by molar-refractivity contribution is -0.122. The molecule has 2 aliphatic heterocycles. The van der Waals surface area contributed by atoms with Crippen LogP contribution >= 0.6 is 0 Å². The van der Waals surface area contributed by atoms with E-state index in [1.54, 1.807) is 17.0 Å². The summed E-state index contributed by atoms with van der Waals surface area (Å²) >= 11 is 0. The van der Waals surface area contributed by atoms with Gasteiger partial charge in [0.25, 0.3) is 5.91 Å². The lowest BCUT2D eigenvalue weighted by Gasteiger charge is -2.21. The van der Waals surface area contributed by atoms with Crippen LogP contribution in [0.3, 0.4) is 0 Å². The summed E-state index contributed by atoms with van der Waals surface area (Å²) in [4.78, 5) is 28.9. The van der Waals surface area contributed by atoms with Gasteiger partial charge in [0.05, 0.1) is 12.5 Å². The third-order valence-corrected chi connectivity index (χ3v) is 6.14. The van der Waals surface area contributed by atoms with E-state index < -0.39 is 24.4 Å². The zero-order valence-corrected chi connectivity index (χ0v) is 18.3. The molecule has 0 aromatic heterocycles. The molecule has 8 heteroatoms. The lowest BCUT2D eigenvalue weighted by atomic mass is 10.0. The number of ether oxygens (including phenoxy) is 1. The number of hydrogen-bond acceptors (Lipinski definition) is 6. The smallest absolute Gasteiger partial charge is 0.251 e. The summed E-state index contributed by atoms with van der Waals surface area (Å²) in [5, 5.41) is 23.5. The van der Waals surface area contributed by atoms with Crippen LogP contribution in [-0.4, -0.2) is 73.6 Å². The largest absolute Gasteiger partial charge is 0.388 e. The van der Waals surface area contributed by atoms with Crippen LogP contribution in [0.4, 0.5) is 11.4 Å². The number of nitrogens with zero attached hydrogens (tertiary/aromatic N) is 2. The van der Waals surface area contributed by atoms with Crippen LogP contribution < -0.4 is 15.1 Å². The minimum absolute atomic E-state index is 0.0315. The van der Waals surface area contributed by atoms with Gasteiger partial charge in [0.15, 0.2) is 0 Å². The molecule has 1 fully saturated rings. The van der Waals surface area contributed by atoms with Crippen LogP contribution in [0.1, 0.15) is 22.3 Å². The van der Waals surface area contributed by atoms with Gasteiger partial charge in [0.2, 0.25) is 5.91 Å². The first kappa shape index (κ1) is 22.3. The summed E-state index contributed by atoms with van der Waals surface area (Å²) in [6.45, 7) is 0.624. The molecule has 0 saturated carbocycles. The second-order valence-corrected chi connectivity index (χ2v) is 8.47. The van der Waals surface area contributed by atoms with Crippen molar-refractivity contribution in [2.75, 3.05) is 37.0 Å². The van der Waals surface area contributed by atoms with Crippen LogP contribution in [0.5, 0.6) is 0 Å². The Hall–Kier alpha value is -2.94. The highest BCUT2D eigenvalue weighted by molar-refractivity contribution is 5.96. The summed E-state index contributed by atoms with van der Waals surface area (Å²) in [5.41, 5.74) is 3.47. The Kier molecular flexibility index (Phi) is 6.45. The number of anilines is 2. The third-order valence-electron chi connectivity index (χ3n) is 6.14. The molecule has 0 radical (unpaired) electrons. The van der Waals surface area contributed by atoms with Gasteiger partial charge in [-0.2, -0.15) is 0 Å². The summed E-state index contributed by atoms with van der Waals surface area (Å²) in [7, 11) is 3.84. The molecular weight excluding hydrogens is 410 g/mol. The number of carbonyl (C=O) groups is 2. The molecule has 4 atom stereocenters. The van der Waals surface area contributed by atoms with Gasteiger partial charge in [0.1, 0.15) is 18.3 Å². The van der Waals surface area contributed by atoms with E-state index in [1.165, 1.54) is 0 Å². The molecule has 4 rings (SSSR count). The van der Waals surface area contributed by atoms with Gasteiger partial charge in [-0.25, -0.2) is 0 Å². The van der Waals surface area contributed by atoms with Crippen LogP contribution in [0.25, 0.3) is 0 Å². The van der Waals surface area contributed by atoms with Crippen molar-refractivity contribution < 1.29 is 24.5 Å². The Morgan fingerprint density at radius 3 is 2.47 bits per heavy atom. The quantitative estimate of drug-likeness (QED) is 0.620. The molecule has 2 aromatic rings. The predicted octanol–water partition coefficient (Wildman–Crippen LogP) is 0.951. The molecular formula is C24H29N3O5. The van der Waals surface area contributed by atoms with Crippen molar-refractivity contribution >= 4 is 23.2 Å². The topological polar surface area (TPSA) is 102 Å². The number of aliphatic hydroxyl groups excluding tert-OH is 2. The summed E-state index contributed by atoms with van der Waals surface area (Å²) in [5.74, 6) is -0.453. The maximum Gasteiger partial charge on any atom is 0.251 e. The summed E-state index contributed by atoms with van der Waals surface area (Å²) in [6.07, 6.45) is -3.25. The van der Waals surface area contributed by atoms with E-state index in [-0.39, 0.29) is 24.8 Å². The Labute approximate surface area is 187 Å². The molecule has 0 spiro atoms. The minimum atomic E-state index is -1.20. The van der Waals surface area contributed by atoms with Gasteiger partial charge < -0.3 is 30.1 Å². The van der Waals surface area contributed by atoms with Gasteiger partial charge in [-0.15, -0.1) is 0 Å². The van der Waals surface area contributed by atoms with E-state index in [0.29, 0.717) is 12.1 Å². The summed E-state index contributed by atoms with van der Waals surface area (Å²) < 4.78 is 5.77. The van der Waals surface area contributed by atoms with Crippen molar-refractivity contribution in [3.63, 3.8) is 0 Å². The molecule has 170 valence electrons. The second kappa shape index (κ2) is 9.28. The van der Waals surface area contributed by atoms with E-state index in [2.05, 4.69) is 5.32 Å². The van der Waals surface area contributed by atoms with Crippen molar-refractivity contribution in [1.29, 1.82) is 0 Å². The number of amides is 2. The first-order valence-corrected chi connectivity index (χ1v) is 10.8. The van der Waals surface area contributed by atoms with Gasteiger partial charge in [-0.3, -0.25) is 9.59 Å². The van der Waals surface area contributed by atoms with E-state index in [9.17, 15) is 19.8 Å². The van der Waals surface area contributed by atoms with Crippen LogP contribution in [0.15, 0.2) is 48.5 Å². The Bertz CT molecular complexity index is 978. The van der Waals surface area contributed by atoms with Gasteiger partial charge >= 0.3 is 0 Å². The molecule has 0 aliphatic carbocycles. The van der Waals surface area contributed by atoms with Gasteiger partial charge in [-0.1, -0.05) is 18.2 Å². The van der Waals surface area contributed by atoms with Crippen molar-refractivity contribution in [2.24, 2.45) is 0 Å². The van der Waals surface area contributed by atoms with E-state index in [0.717, 1.165) is 23.4 Å². The van der Waals surface area contributed by atoms with Crippen molar-refractivity contribution in [1.82, 2.24) is 5.32 Å². The van der Waals surface area contributed by atoms with Gasteiger partial charge in [0, 0.05) is 44.1 Å². The average molecular weight is 440 g/mol. The standard InChI is InChI=1S/C24H29N3O5/c1-26(2)17-9-7-16(8-10-17)24(31)25-14-20-23(30)22(29)19(32-20)13-21(28)27-12-11-15-5-3-4-6-18(15)27/h3-10,19-20,22-23,29-30H,11-14H2,1-2H3,(H,25,31)/t19-,20-,22-,23+/m0/s1. The predicted molar refractivity (Wildman–Crippen MR) is 121 cm³/mol. The van der Waals surface area contributed by atoms with Crippen molar-refractivity contribution in [2.45, 2.75) is 37.3 Å². The normalized spacial score (nSPS) is 24.3. The molecule has 8 nitrogen and oxygen atoms in total. The van der Waals surface area contributed by atoms with Crippen LogP contribution in [0.2, 0.25) is 0 Å². The molecule has 0 bridgehead atoms. The fourth-order valence-electron chi connectivity index (χ4n) is 4.25. The van der Waals surface area contributed by atoms with Crippen LogP contribution in [0, 0.1) is 0 Å². The molecule has 32 heavy (non-hydrogen) atoms. The number of fused-ring (bicyclic) bond motifs is 1. The Balaban J connectivity index is 1.32. The van der Waals surface area contributed by atoms with Crippen molar-refractivity contribution in [3.8, 4) is 0 Å². The van der Waals surface area contributed by atoms with E-state index >= 15 is 0 Å². The highest BCUT2D eigenvalue weighted by Crippen LogP contribution is 2.30. The summed E-state index contributed by atoms with van der Waals surface area (Å²) in [6, 6.07) is 14.9. The second-order valence-electron chi connectivity index (χ2n) is 8.47. The SMILES string of the molecule is CN(C)c1ccc(C(=O)NC[C@@H]2O[C@@H](CC(=O)N3CCc4ccccc43)[C@H](O)[C@@H]2O)cc1. The molecule has 1 saturated heterocycles. The molecule has 2 aromatic carbocycles. The number of nitrogens with one attached hydrogen (secondary N) is 1. The molecule has 2 amide bonds. The number of hydrogen-bond donors (Lipinski definition) is 3. The number of rotatable bonds is 6. The molecule has 2 aliphatic rings. The zero-order chi connectivity index (χ0) is 22.8. The molecule has 2 heterocycles. The number of para-hydroxylation sites is 1. The first-order valence-electron chi connectivity index (χ1n) is 10.8. The first-order chi connectivity index (χ1) is 15.3. The van der Waals surface area contributed by atoms with E-state index in [4.69, 9.17) is 4.74 Å². The molecule has 0 unspecified atom stereocenters. The maximum absolute atomic E-state index is 12.8. The molecule has 3 N–H and O–H groups in total. The van der Waals surface area contributed by atoms with Gasteiger partial charge in [-0.05, 0) is 42.3 Å². The monoisotopic (exact) mass is 439 g/mol. The fraction of sp³-hybridized carbons (Fsp3) is 0.417. The highest BCUT2D eigenvalue weighted by Gasteiger charge is 2.44. The number of carbonyl (C=O) groups excluding carboxylic acids is 2. The third kappa shape index (κ3) is 4.48. The average Bonchev–Trinajstić information content (AvgIpc) is 3.34. The zero-order valence-electron chi connectivity index (χ0n) is 18.3.